The lowest BCUT2D eigenvalue weighted by Crippen LogP contribution is -2.69. The van der Waals surface area contributed by atoms with Crippen molar-refractivity contribution in [2.24, 2.45) is 0 Å². The van der Waals surface area contributed by atoms with Crippen molar-refractivity contribution >= 4 is 36.1 Å². The number of hydrogen-bond donors (Lipinski definition) is 0. The van der Waals surface area contributed by atoms with E-state index in [4.69, 9.17) is 40.3 Å². The van der Waals surface area contributed by atoms with Gasteiger partial charge >= 0.3 is 5.24 Å². The van der Waals surface area contributed by atoms with E-state index in [2.05, 4.69) is 69.3 Å². The molecule has 0 unspecified atom stereocenters. The molecule has 0 aliphatic carbocycles. The molecule has 2 aromatic carbocycles. The Bertz CT molecular complexity index is 985. The van der Waals surface area contributed by atoms with Crippen molar-refractivity contribution in [2.45, 2.75) is 76.1 Å². The fourth-order valence-corrected chi connectivity index (χ4v) is 10.2. The summed E-state index contributed by atoms with van der Waals surface area (Å²) in [5.41, 5.74) is 0. The molecule has 5 atom stereocenters. The minimum Gasteiger partial charge on any atom is -0.453 e. The topological polar surface area (TPSA) is 55.4 Å². The van der Waals surface area contributed by atoms with E-state index in [1.165, 1.54) is 10.4 Å². The smallest absolute Gasteiger partial charge is 0.352 e. The third kappa shape index (κ3) is 4.10. The van der Waals surface area contributed by atoms with Gasteiger partial charge in [0.25, 0.3) is 8.32 Å². The van der Waals surface area contributed by atoms with Gasteiger partial charge in [0.1, 0.15) is 24.9 Å². The van der Waals surface area contributed by atoms with E-state index < -0.39 is 44.8 Å². The largest absolute Gasteiger partial charge is 0.453 e. The zero-order valence-corrected chi connectivity index (χ0v) is 22.0. The molecule has 182 valence electrons. The van der Waals surface area contributed by atoms with Gasteiger partial charge in [0, 0.05) is 12.2 Å². The molecule has 2 aromatic rings. The predicted octanol–water partition coefficient (Wildman–Crippen LogP) is 3.51. The Morgan fingerprint density at radius 3 is 2.00 bits per heavy atom. The molecule has 0 N–H and O–H groups in total. The van der Waals surface area contributed by atoms with E-state index in [0.717, 1.165) is 0 Å². The first kappa shape index (κ1) is 23.9. The van der Waals surface area contributed by atoms with Crippen molar-refractivity contribution in [3.8, 4) is 0 Å². The average molecular weight is 501 g/mol. The fraction of sp³-hybridized carbons (Fsp3) is 0.500. The van der Waals surface area contributed by atoms with Crippen molar-refractivity contribution in [1.82, 2.24) is 0 Å². The first-order chi connectivity index (χ1) is 16.1. The number of thiocarbonyl (C=S) groups is 1. The van der Waals surface area contributed by atoms with Gasteiger partial charge in [-0.05, 0) is 29.3 Å². The number of rotatable bonds is 5. The van der Waals surface area contributed by atoms with Gasteiger partial charge in [0.2, 0.25) is 0 Å². The highest BCUT2D eigenvalue weighted by Gasteiger charge is 2.62. The summed E-state index contributed by atoms with van der Waals surface area (Å²) in [5.74, 6) is -0.768. The standard InChI is InChI=1S/C26H32O6SSi/c1-25(2,3)34(17-12-8-6-9-13-17,18-14-10-7-11-15-18)32-21-20(19-16-27-24(33)28-19)29-23-22(21)30-26(4,5)31-23/h6-15,19-23H,16H2,1-5H3/t19-,20-,21+,22-,23-/m1/s1. The van der Waals surface area contributed by atoms with Gasteiger partial charge in [-0.25, -0.2) is 0 Å². The third-order valence-electron chi connectivity index (χ3n) is 6.74. The van der Waals surface area contributed by atoms with Crippen LogP contribution in [0.2, 0.25) is 5.04 Å². The van der Waals surface area contributed by atoms with E-state index in [1.54, 1.807) is 0 Å². The van der Waals surface area contributed by atoms with Crippen LogP contribution in [0, 0.1) is 0 Å². The molecule has 0 spiro atoms. The molecule has 34 heavy (non-hydrogen) atoms. The monoisotopic (exact) mass is 500 g/mol. The SMILES string of the molecule is CC1(C)O[C@H]2O[C@H]([C@H]3COC(=S)O3)[C@H](O[Si](c3ccccc3)(c3ccccc3)C(C)(C)C)[C@H]2O1. The number of fused-ring (bicyclic) bond motifs is 1. The maximum atomic E-state index is 7.43. The molecule has 3 aliphatic heterocycles. The van der Waals surface area contributed by atoms with Crippen molar-refractivity contribution in [1.29, 1.82) is 0 Å². The molecule has 0 aromatic heterocycles. The van der Waals surface area contributed by atoms with Crippen LogP contribution < -0.4 is 10.4 Å². The summed E-state index contributed by atoms with van der Waals surface area (Å²) >= 11 is 5.14. The van der Waals surface area contributed by atoms with Crippen LogP contribution in [0.5, 0.6) is 0 Å². The van der Waals surface area contributed by atoms with Crippen molar-refractivity contribution < 1.29 is 28.1 Å². The highest BCUT2D eigenvalue weighted by Crippen LogP contribution is 2.45. The summed E-state index contributed by atoms with van der Waals surface area (Å²) in [6, 6.07) is 21.1. The highest BCUT2D eigenvalue weighted by atomic mass is 32.1. The number of benzene rings is 2. The van der Waals surface area contributed by atoms with Crippen molar-refractivity contribution in [3.05, 3.63) is 60.7 Å². The molecule has 0 amide bonds. The van der Waals surface area contributed by atoms with E-state index in [-0.39, 0.29) is 10.3 Å². The maximum absolute atomic E-state index is 7.43. The lowest BCUT2D eigenvalue weighted by Gasteiger charge is -2.46. The van der Waals surface area contributed by atoms with Gasteiger partial charge in [0.15, 0.2) is 18.2 Å². The summed E-state index contributed by atoms with van der Waals surface area (Å²) in [6.45, 7) is 10.9. The Morgan fingerprint density at radius 1 is 0.912 bits per heavy atom. The molecule has 3 heterocycles. The molecule has 3 fully saturated rings. The second-order valence-electron chi connectivity index (χ2n) is 10.5. The Kier molecular flexibility index (Phi) is 6.11. The van der Waals surface area contributed by atoms with Crippen LogP contribution in [0.25, 0.3) is 0 Å². The Labute approximate surface area is 207 Å². The van der Waals surface area contributed by atoms with Crippen LogP contribution in [0.15, 0.2) is 60.7 Å². The van der Waals surface area contributed by atoms with Crippen LogP contribution in [-0.4, -0.2) is 56.7 Å². The van der Waals surface area contributed by atoms with E-state index in [0.29, 0.717) is 6.61 Å². The number of ether oxygens (including phenoxy) is 5. The van der Waals surface area contributed by atoms with Crippen molar-refractivity contribution in [3.63, 3.8) is 0 Å². The molecular weight excluding hydrogens is 468 g/mol. The summed E-state index contributed by atoms with van der Waals surface area (Å²) in [6.07, 6.45) is -2.24. The maximum Gasteiger partial charge on any atom is 0.352 e. The minimum atomic E-state index is -2.88. The van der Waals surface area contributed by atoms with Gasteiger partial charge in [-0.15, -0.1) is 0 Å². The van der Waals surface area contributed by atoms with Crippen LogP contribution in [0.3, 0.4) is 0 Å². The van der Waals surface area contributed by atoms with E-state index in [1.807, 2.05) is 26.0 Å². The second kappa shape index (κ2) is 8.69. The molecule has 6 nitrogen and oxygen atoms in total. The summed E-state index contributed by atoms with van der Waals surface area (Å²) in [4.78, 5) is 0. The van der Waals surface area contributed by atoms with Gasteiger partial charge in [-0.2, -0.15) is 0 Å². The summed E-state index contributed by atoms with van der Waals surface area (Å²) < 4.78 is 37.5. The molecule has 3 aliphatic rings. The van der Waals surface area contributed by atoms with Crippen LogP contribution in [0.4, 0.5) is 0 Å². The molecular formula is C26H32O6SSi. The van der Waals surface area contributed by atoms with Crippen LogP contribution in [-0.2, 0) is 28.1 Å². The summed E-state index contributed by atoms with van der Waals surface area (Å²) in [7, 11) is -2.88. The highest BCUT2D eigenvalue weighted by molar-refractivity contribution is 7.79. The molecule has 0 radical (unpaired) electrons. The third-order valence-corrected chi connectivity index (χ3v) is 12.0. The Morgan fingerprint density at radius 2 is 1.50 bits per heavy atom. The van der Waals surface area contributed by atoms with E-state index in [9.17, 15) is 0 Å². The fourth-order valence-electron chi connectivity index (χ4n) is 5.34. The zero-order valence-electron chi connectivity index (χ0n) is 20.2. The molecule has 8 heteroatoms. The normalized spacial score (nSPS) is 30.6. The molecule has 0 bridgehead atoms. The molecule has 5 rings (SSSR count). The lowest BCUT2D eigenvalue weighted by atomic mass is 10.1. The predicted molar refractivity (Wildman–Crippen MR) is 135 cm³/mol. The van der Waals surface area contributed by atoms with E-state index >= 15 is 0 Å². The molecule has 3 saturated heterocycles. The van der Waals surface area contributed by atoms with Gasteiger partial charge in [0.05, 0.1) is 0 Å². The van der Waals surface area contributed by atoms with Gasteiger partial charge < -0.3 is 28.1 Å². The van der Waals surface area contributed by atoms with Gasteiger partial charge in [-0.1, -0.05) is 81.4 Å². The Balaban J connectivity index is 1.63. The van der Waals surface area contributed by atoms with Gasteiger partial charge in [-0.3, -0.25) is 0 Å². The first-order valence-corrected chi connectivity index (χ1v) is 14.1. The Hall–Kier alpha value is -1.81. The summed E-state index contributed by atoms with van der Waals surface area (Å²) in [5, 5.41) is 2.31. The van der Waals surface area contributed by atoms with Crippen LogP contribution in [0.1, 0.15) is 34.6 Å². The second-order valence-corrected chi connectivity index (χ2v) is 15.1. The molecule has 0 saturated carbocycles. The zero-order chi connectivity index (χ0) is 24.1. The minimum absolute atomic E-state index is 0.136. The first-order valence-electron chi connectivity index (χ1n) is 11.7. The van der Waals surface area contributed by atoms with Crippen molar-refractivity contribution in [2.75, 3.05) is 6.61 Å². The lowest BCUT2D eigenvalue weighted by molar-refractivity contribution is -0.222. The quantitative estimate of drug-likeness (QED) is 0.460. The number of hydrogen-bond acceptors (Lipinski definition) is 7. The van der Waals surface area contributed by atoms with Crippen LogP contribution >= 0.6 is 12.2 Å². The average Bonchev–Trinajstić information content (AvgIpc) is 3.44.